The molecule has 3 aromatic rings. The zero-order valence-electron chi connectivity index (χ0n) is 13.9. The molecule has 0 radical (unpaired) electrons. The number of nitrogens with one attached hydrogen (secondary N) is 3. The van der Waals surface area contributed by atoms with Gasteiger partial charge in [-0.2, -0.15) is 9.90 Å². The lowest BCUT2D eigenvalue weighted by molar-refractivity contribution is -0.117. The quantitative estimate of drug-likeness (QED) is 0.658. The van der Waals surface area contributed by atoms with Crippen molar-refractivity contribution in [2.75, 3.05) is 17.2 Å². The minimum Gasteiger partial charge on any atom is -0.450 e. The van der Waals surface area contributed by atoms with E-state index in [0.717, 1.165) is 16.6 Å². The number of aryl methyl sites for hydroxylation is 1. The zero-order chi connectivity index (χ0) is 17.8. The van der Waals surface area contributed by atoms with Gasteiger partial charge in [-0.05, 0) is 32.0 Å². The van der Waals surface area contributed by atoms with Gasteiger partial charge >= 0.3 is 6.09 Å². The molecular formula is C16H18N6O3. The Balaban J connectivity index is 1.64. The van der Waals surface area contributed by atoms with Gasteiger partial charge in [0.05, 0.1) is 18.5 Å². The summed E-state index contributed by atoms with van der Waals surface area (Å²) in [7, 11) is 0. The van der Waals surface area contributed by atoms with Gasteiger partial charge in [0.2, 0.25) is 5.91 Å². The van der Waals surface area contributed by atoms with Gasteiger partial charge in [-0.1, -0.05) is 6.07 Å². The van der Waals surface area contributed by atoms with Crippen LogP contribution in [-0.4, -0.2) is 38.6 Å². The van der Waals surface area contributed by atoms with Crippen molar-refractivity contribution in [3.63, 3.8) is 0 Å². The molecule has 25 heavy (non-hydrogen) atoms. The van der Waals surface area contributed by atoms with Gasteiger partial charge in [0.1, 0.15) is 6.54 Å². The number of aromatic nitrogens is 4. The fraction of sp³-hybridized carbons (Fsp3) is 0.250. The summed E-state index contributed by atoms with van der Waals surface area (Å²) in [6, 6.07) is 7.61. The molecule has 2 amide bonds. The van der Waals surface area contributed by atoms with Crippen molar-refractivity contribution < 1.29 is 14.3 Å². The largest absolute Gasteiger partial charge is 0.450 e. The van der Waals surface area contributed by atoms with E-state index in [1.54, 1.807) is 6.92 Å². The fourth-order valence-corrected chi connectivity index (χ4v) is 2.42. The Hall–Kier alpha value is -3.36. The first kappa shape index (κ1) is 16.5. The Kier molecular flexibility index (Phi) is 4.64. The first-order chi connectivity index (χ1) is 12.0. The predicted octanol–water partition coefficient (Wildman–Crippen LogP) is 2.27. The van der Waals surface area contributed by atoms with E-state index in [9.17, 15) is 9.59 Å². The Bertz CT molecular complexity index is 914. The van der Waals surface area contributed by atoms with Crippen molar-refractivity contribution >= 4 is 34.4 Å². The van der Waals surface area contributed by atoms with E-state index in [1.807, 2.05) is 31.2 Å². The van der Waals surface area contributed by atoms with E-state index < -0.39 is 6.09 Å². The molecule has 0 bridgehead atoms. The minimum absolute atomic E-state index is 0.0791. The molecular weight excluding hydrogens is 324 g/mol. The van der Waals surface area contributed by atoms with Crippen LogP contribution < -0.4 is 10.6 Å². The average molecular weight is 342 g/mol. The summed E-state index contributed by atoms with van der Waals surface area (Å²) in [4.78, 5) is 28.0. The molecule has 0 aliphatic rings. The lowest BCUT2D eigenvalue weighted by Gasteiger charge is -2.06. The van der Waals surface area contributed by atoms with Gasteiger partial charge in [-0.25, -0.2) is 4.79 Å². The molecule has 0 spiro atoms. The number of carbonyl (C=O) groups is 2. The molecule has 2 heterocycles. The number of hydrogen-bond acceptors (Lipinski definition) is 5. The number of ether oxygens (including phenoxy) is 1. The summed E-state index contributed by atoms with van der Waals surface area (Å²) in [5.41, 5.74) is 2.68. The molecule has 3 N–H and O–H groups in total. The molecule has 0 atom stereocenters. The molecule has 9 heteroatoms. The van der Waals surface area contributed by atoms with Crippen molar-refractivity contribution in [1.29, 1.82) is 0 Å². The highest BCUT2D eigenvalue weighted by Gasteiger charge is 2.11. The summed E-state index contributed by atoms with van der Waals surface area (Å²) in [6.07, 6.45) is 0.731. The first-order valence-electron chi connectivity index (χ1n) is 7.77. The van der Waals surface area contributed by atoms with Crippen molar-refractivity contribution in [3.05, 3.63) is 36.2 Å². The highest BCUT2D eigenvalue weighted by molar-refractivity contribution is 6.01. The van der Waals surface area contributed by atoms with Crippen molar-refractivity contribution in [2.24, 2.45) is 0 Å². The van der Waals surface area contributed by atoms with E-state index in [2.05, 4.69) is 25.8 Å². The third-order valence-electron chi connectivity index (χ3n) is 3.40. The normalized spacial score (nSPS) is 10.6. The molecule has 0 saturated carbocycles. The standard InChI is InChI=1S/C16H18N6O3/c1-3-25-16(24)20-14-8-17-22(21-14)9-15(23)19-13-6-4-5-12-11(13)7-10(2)18-12/h4-8,18H,3,9H2,1-2H3,(H,19,23)(H,20,21,24). The topological polar surface area (TPSA) is 114 Å². The van der Waals surface area contributed by atoms with Crippen LogP contribution in [0.2, 0.25) is 0 Å². The maximum absolute atomic E-state index is 12.2. The van der Waals surface area contributed by atoms with Crippen LogP contribution in [0, 0.1) is 6.92 Å². The Morgan fingerprint density at radius 2 is 2.16 bits per heavy atom. The zero-order valence-corrected chi connectivity index (χ0v) is 13.9. The SMILES string of the molecule is CCOC(=O)Nc1cnn(CC(=O)Nc2cccc3[nH]c(C)cc23)n1. The number of rotatable bonds is 5. The lowest BCUT2D eigenvalue weighted by Crippen LogP contribution is -2.20. The van der Waals surface area contributed by atoms with E-state index in [1.165, 1.54) is 11.0 Å². The van der Waals surface area contributed by atoms with Gasteiger partial charge in [-0.3, -0.25) is 10.1 Å². The fourth-order valence-electron chi connectivity index (χ4n) is 2.42. The highest BCUT2D eigenvalue weighted by Crippen LogP contribution is 2.23. The second-order valence-corrected chi connectivity index (χ2v) is 5.37. The van der Waals surface area contributed by atoms with E-state index >= 15 is 0 Å². The monoisotopic (exact) mass is 342 g/mol. The number of fused-ring (bicyclic) bond motifs is 1. The summed E-state index contributed by atoms with van der Waals surface area (Å²) >= 11 is 0. The van der Waals surface area contributed by atoms with Crippen LogP contribution in [0.25, 0.3) is 10.9 Å². The van der Waals surface area contributed by atoms with Crippen LogP contribution >= 0.6 is 0 Å². The second-order valence-electron chi connectivity index (χ2n) is 5.37. The smallest absolute Gasteiger partial charge is 0.412 e. The molecule has 0 aliphatic heterocycles. The molecule has 0 aliphatic carbocycles. The third-order valence-corrected chi connectivity index (χ3v) is 3.40. The van der Waals surface area contributed by atoms with E-state index in [4.69, 9.17) is 4.74 Å². The van der Waals surface area contributed by atoms with Crippen molar-refractivity contribution in [1.82, 2.24) is 20.0 Å². The maximum atomic E-state index is 12.2. The Labute approximate surface area is 143 Å². The van der Waals surface area contributed by atoms with Crippen molar-refractivity contribution in [3.8, 4) is 0 Å². The van der Waals surface area contributed by atoms with Crippen molar-refractivity contribution in [2.45, 2.75) is 20.4 Å². The van der Waals surface area contributed by atoms with Crippen LogP contribution in [-0.2, 0) is 16.1 Å². The molecule has 130 valence electrons. The maximum Gasteiger partial charge on any atom is 0.412 e. The number of anilines is 2. The number of carbonyl (C=O) groups excluding carboxylic acids is 2. The number of hydrogen-bond donors (Lipinski definition) is 3. The summed E-state index contributed by atoms with van der Waals surface area (Å²) in [6.45, 7) is 3.83. The molecule has 9 nitrogen and oxygen atoms in total. The van der Waals surface area contributed by atoms with Gasteiger partial charge in [0.15, 0.2) is 5.82 Å². The number of aromatic amines is 1. The molecule has 1 aromatic carbocycles. The lowest BCUT2D eigenvalue weighted by atomic mass is 10.2. The number of H-pyrrole nitrogens is 1. The summed E-state index contributed by atoms with van der Waals surface area (Å²) in [5.74, 6) is -0.0563. The molecule has 0 unspecified atom stereocenters. The second kappa shape index (κ2) is 7.04. The number of amides is 2. The summed E-state index contributed by atoms with van der Waals surface area (Å²) < 4.78 is 4.75. The van der Waals surface area contributed by atoms with Crippen LogP contribution in [0.3, 0.4) is 0 Å². The number of nitrogens with zero attached hydrogens (tertiary/aromatic N) is 3. The predicted molar refractivity (Wildman–Crippen MR) is 92.3 cm³/mol. The Morgan fingerprint density at radius 1 is 1.32 bits per heavy atom. The van der Waals surface area contributed by atoms with Crippen LogP contribution in [0.1, 0.15) is 12.6 Å². The Morgan fingerprint density at radius 3 is 2.96 bits per heavy atom. The van der Waals surface area contributed by atoms with E-state index in [0.29, 0.717) is 5.69 Å². The summed E-state index contributed by atoms with van der Waals surface area (Å²) in [5, 5.41) is 14.2. The third kappa shape index (κ3) is 3.94. The van der Waals surface area contributed by atoms with Crippen LogP contribution in [0.15, 0.2) is 30.5 Å². The highest BCUT2D eigenvalue weighted by atomic mass is 16.5. The van der Waals surface area contributed by atoms with Gasteiger partial charge in [0, 0.05) is 16.6 Å². The average Bonchev–Trinajstić information content (AvgIpc) is 3.13. The van der Waals surface area contributed by atoms with Gasteiger partial charge in [0.25, 0.3) is 0 Å². The van der Waals surface area contributed by atoms with Gasteiger partial charge < -0.3 is 15.0 Å². The first-order valence-corrected chi connectivity index (χ1v) is 7.77. The van der Waals surface area contributed by atoms with Crippen LogP contribution in [0.4, 0.5) is 16.3 Å². The molecule has 0 fully saturated rings. The molecule has 3 rings (SSSR count). The van der Waals surface area contributed by atoms with Gasteiger partial charge in [-0.15, -0.1) is 5.10 Å². The molecule has 2 aromatic heterocycles. The number of benzene rings is 1. The minimum atomic E-state index is -0.617. The van der Waals surface area contributed by atoms with E-state index in [-0.39, 0.29) is 24.9 Å². The molecule has 0 saturated heterocycles. The van der Waals surface area contributed by atoms with Crippen LogP contribution in [0.5, 0.6) is 0 Å².